The summed E-state index contributed by atoms with van der Waals surface area (Å²) in [7, 11) is 1.63. The molecule has 1 amide bonds. The number of hydrogen-bond acceptors (Lipinski definition) is 4. The van der Waals surface area contributed by atoms with Gasteiger partial charge in [0.2, 0.25) is 0 Å². The first-order chi connectivity index (χ1) is 10.1. The van der Waals surface area contributed by atoms with Crippen molar-refractivity contribution in [1.29, 1.82) is 0 Å². The molecule has 0 unspecified atom stereocenters. The molecule has 0 radical (unpaired) electrons. The molecule has 3 heterocycles. The van der Waals surface area contributed by atoms with Crippen LogP contribution in [0.5, 0.6) is 0 Å². The van der Waals surface area contributed by atoms with E-state index in [1.807, 2.05) is 0 Å². The van der Waals surface area contributed by atoms with Crippen LogP contribution < -0.4 is 10.9 Å². The van der Waals surface area contributed by atoms with Crippen molar-refractivity contribution in [3.8, 4) is 0 Å². The van der Waals surface area contributed by atoms with Crippen molar-refractivity contribution in [2.75, 3.05) is 5.32 Å². The van der Waals surface area contributed by atoms with Gasteiger partial charge in [-0.1, -0.05) is 0 Å². The number of nitrogens with one attached hydrogen (secondary N) is 1. The monoisotopic (exact) mass is 347 g/mol. The Balaban J connectivity index is 1.98. The van der Waals surface area contributed by atoms with Crippen LogP contribution in [0.4, 0.5) is 5.82 Å². The molecule has 0 saturated carbocycles. The first kappa shape index (κ1) is 13.5. The third-order valence-corrected chi connectivity index (χ3v) is 3.43. The Morgan fingerprint density at radius 2 is 2.10 bits per heavy atom. The molecular weight excluding hydrogens is 338 g/mol. The number of carbonyl (C=O) groups excluding carboxylic acids is 1. The molecule has 106 valence electrons. The molecule has 0 aliphatic carbocycles. The number of nitrogens with zero attached hydrogens (tertiary/aromatic N) is 4. The van der Waals surface area contributed by atoms with Gasteiger partial charge in [0, 0.05) is 36.0 Å². The largest absolute Gasteiger partial charge is 0.305 e. The summed E-state index contributed by atoms with van der Waals surface area (Å²) in [5.74, 6) is 0.0611. The van der Waals surface area contributed by atoms with Gasteiger partial charge in [0.15, 0.2) is 5.65 Å². The molecule has 0 fully saturated rings. The highest BCUT2D eigenvalue weighted by atomic mass is 79.9. The third kappa shape index (κ3) is 2.45. The SMILES string of the molecule is Cn1c(C(=O)Nc2ccc(Br)cn2)cc2nccc(=O)n21. The first-order valence-electron chi connectivity index (χ1n) is 6.03. The second-order valence-corrected chi connectivity index (χ2v) is 5.24. The predicted octanol–water partition coefficient (Wildman–Crippen LogP) is 1.44. The smallest absolute Gasteiger partial charge is 0.275 e. The maximum Gasteiger partial charge on any atom is 0.275 e. The van der Waals surface area contributed by atoms with E-state index in [4.69, 9.17) is 0 Å². The molecule has 7 nitrogen and oxygen atoms in total. The highest BCUT2D eigenvalue weighted by Crippen LogP contribution is 2.12. The van der Waals surface area contributed by atoms with Crippen LogP contribution in [0.25, 0.3) is 5.65 Å². The molecule has 0 aromatic carbocycles. The van der Waals surface area contributed by atoms with E-state index in [1.54, 1.807) is 31.4 Å². The van der Waals surface area contributed by atoms with Crippen LogP contribution in [0.1, 0.15) is 10.5 Å². The van der Waals surface area contributed by atoms with E-state index >= 15 is 0 Å². The molecule has 0 saturated heterocycles. The summed E-state index contributed by atoms with van der Waals surface area (Å²) in [6.45, 7) is 0. The highest BCUT2D eigenvalue weighted by molar-refractivity contribution is 9.10. The van der Waals surface area contributed by atoms with Crippen LogP contribution in [0.15, 0.2) is 45.9 Å². The van der Waals surface area contributed by atoms with Crippen molar-refractivity contribution in [2.24, 2.45) is 7.05 Å². The minimum Gasteiger partial charge on any atom is -0.305 e. The van der Waals surface area contributed by atoms with E-state index in [9.17, 15) is 9.59 Å². The lowest BCUT2D eigenvalue weighted by atomic mass is 10.4. The summed E-state index contributed by atoms with van der Waals surface area (Å²) in [6, 6.07) is 6.34. The number of pyridine rings is 1. The standard InChI is InChI=1S/C13H10BrN5O2/c1-18-9(6-11-15-5-4-12(20)19(11)18)13(21)17-10-3-2-8(14)7-16-10/h2-7H,1H3,(H,16,17,21). The van der Waals surface area contributed by atoms with Crippen molar-refractivity contribution < 1.29 is 4.79 Å². The number of rotatable bonds is 2. The Labute approximate surface area is 127 Å². The molecule has 3 rings (SSSR count). The second-order valence-electron chi connectivity index (χ2n) is 4.32. The van der Waals surface area contributed by atoms with Gasteiger partial charge in [-0.25, -0.2) is 9.97 Å². The number of carbonyl (C=O) groups is 1. The Hall–Kier alpha value is -2.48. The molecule has 0 aliphatic heterocycles. The maximum atomic E-state index is 12.3. The van der Waals surface area contributed by atoms with Crippen LogP contribution in [0.3, 0.4) is 0 Å². The summed E-state index contributed by atoms with van der Waals surface area (Å²) in [5, 5.41) is 2.67. The molecule has 0 spiro atoms. The number of aromatic nitrogens is 4. The molecule has 3 aromatic rings. The number of aryl methyl sites for hydroxylation is 1. The first-order valence-corrected chi connectivity index (χ1v) is 6.82. The lowest BCUT2D eigenvalue weighted by Gasteiger charge is -2.05. The van der Waals surface area contributed by atoms with Crippen LogP contribution in [-0.2, 0) is 7.05 Å². The molecule has 1 N–H and O–H groups in total. The van der Waals surface area contributed by atoms with E-state index < -0.39 is 0 Å². The molecule has 0 aliphatic rings. The minimum absolute atomic E-state index is 0.247. The number of anilines is 1. The summed E-state index contributed by atoms with van der Waals surface area (Å²) in [6.07, 6.45) is 3.00. The summed E-state index contributed by atoms with van der Waals surface area (Å²) in [5.41, 5.74) is 0.484. The van der Waals surface area contributed by atoms with Crippen LogP contribution in [-0.4, -0.2) is 25.1 Å². The Bertz CT molecular complexity index is 882. The molecule has 8 heteroatoms. The molecule has 21 heavy (non-hydrogen) atoms. The number of hydrogen-bond donors (Lipinski definition) is 1. The zero-order valence-corrected chi connectivity index (χ0v) is 12.5. The van der Waals surface area contributed by atoms with Gasteiger partial charge in [-0.2, -0.15) is 4.52 Å². The summed E-state index contributed by atoms with van der Waals surface area (Å²) >= 11 is 3.27. The van der Waals surface area contributed by atoms with E-state index in [0.29, 0.717) is 17.2 Å². The Kier molecular flexibility index (Phi) is 3.30. The normalized spacial score (nSPS) is 10.8. The minimum atomic E-state index is -0.364. The lowest BCUT2D eigenvalue weighted by Crippen LogP contribution is -2.22. The second kappa shape index (κ2) is 5.13. The van der Waals surface area contributed by atoms with E-state index in [1.165, 1.54) is 21.5 Å². The number of fused-ring (bicyclic) bond motifs is 1. The average molecular weight is 348 g/mol. The Morgan fingerprint density at radius 1 is 1.29 bits per heavy atom. The van der Waals surface area contributed by atoms with Gasteiger partial charge < -0.3 is 5.32 Å². The van der Waals surface area contributed by atoms with Crippen molar-refractivity contribution >= 4 is 33.3 Å². The number of amides is 1. The van der Waals surface area contributed by atoms with Gasteiger partial charge in [0.05, 0.1) is 0 Å². The van der Waals surface area contributed by atoms with Crippen LogP contribution >= 0.6 is 15.9 Å². The van der Waals surface area contributed by atoms with Gasteiger partial charge in [0.1, 0.15) is 11.5 Å². The van der Waals surface area contributed by atoms with Gasteiger partial charge in [-0.05, 0) is 28.1 Å². The topological polar surface area (TPSA) is 81.3 Å². The molecular formula is C13H10BrN5O2. The zero-order chi connectivity index (χ0) is 15.0. The van der Waals surface area contributed by atoms with Crippen molar-refractivity contribution in [1.82, 2.24) is 19.2 Å². The molecule has 3 aromatic heterocycles. The lowest BCUT2D eigenvalue weighted by molar-refractivity contribution is 0.101. The van der Waals surface area contributed by atoms with Gasteiger partial charge in [0.25, 0.3) is 11.5 Å². The van der Waals surface area contributed by atoms with Crippen molar-refractivity contribution in [3.05, 3.63) is 57.2 Å². The fraction of sp³-hybridized carbons (Fsp3) is 0.0769. The van der Waals surface area contributed by atoms with E-state index in [0.717, 1.165) is 4.47 Å². The van der Waals surface area contributed by atoms with Gasteiger partial charge in [-0.3, -0.25) is 14.3 Å². The van der Waals surface area contributed by atoms with Crippen molar-refractivity contribution in [2.45, 2.75) is 0 Å². The van der Waals surface area contributed by atoms with Crippen LogP contribution in [0.2, 0.25) is 0 Å². The maximum absolute atomic E-state index is 12.3. The third-order valence-electron chi connectivity index (χ3n) is 2.97. The predicted molar refractivity (Wildman–Crippen MR) is 80.3 cm³/mol. The Morgan fingerprint density at radius 3 is 2.76 bits per heavy atom. The van der Waals surface area contributed by atoms with Crippen LogP contribution in [0, 0.1) is 0 Å². The fourth-order valence-electron chi connectivity index (χ4n) is 1.98. The highest BCUT2D eigenvalue weighted by Gasteiger charge is 2.15. The van der Waals surface area contributed by atoms with E-state index in [-0.39, 0.29) is 11.5 Å². The average Bonchev–Trinajstić information content (AvgIpc) is 2.80. The number of halogens is 1. The van der Waals surface area contributed by atoms with E-state index in [2.05, 4.69) is 31.2 Å². The molecule has 0 atom stereocenters. The zero-order valence-electron chi connectivity index (χ0n) is 10.9. The summed E-state index contributed by atoms with van der Waals surface area (Å²) < 4.78 is 3.60. The van der Waals surface area contributed by atoms with Gasteiger partial charge in [-0.15, -0.1) is 0 Å². The fourth-order valence-corrected chi connectivity index (χ4v) is 2.22. The quantitative estimate of drug-likeness (QED) is 0.760. The molecule has 0 bridgehead atoms. The van der Waals surface area contributed by atoms with Crippen molar-refractivity contribution in [3.63, 3.8) is 0 Å². The van der Waals surface area contributed by atoms with Gasteiger partial charge >= 0.3 is 0 Å². The summed E-state index contributed by atoms with van der Waals surface area (Å²) in [4.78, 5) is 32.2.